The van der Waals surface area contributed by atoms with Crippen LogP contribution in [0.1, 0.15) is 19.8 Å². The van der Waals surface area contributed by atoms with Gasteiger partial charge in [-0.15, -0.1) is 0 Å². The molecule has 26 heavy (non-hydrogen) atoms. The van der Waals surface area contributed by atoms with Crippen LogP contribution in [0.5, 0.6) is 11.5 Å². The number of ether oxygens (including phenoxy) is 2. The van der Waals surface area contributed by atoms with E-state index in [1.165, 1.54) is 0 Å². The molecule has 1 saturated carbocycles. The molecule has 0 unspecified atom stereocenters. The molecule has 2 aliphatic rings. The summed E-state index contributed by atoms with van der Waals surface area (Å²) in [6, 6.07) is 5.21. The second-order valence-electron chi connectivity index (χ2n) is 6.83. The number of methoxy groups -OCH3 is 2. The highest BCUT2D eigenvalue weighted by molar-refractivity contribution is 6.13. The van der Waals surface area contributed by atoms with Gasteiger partial charge in [0.1, 0.15) is 16.9 Å². The minimum absolute atomic E-state index is 0.0485. The summed E-state index contributed by atoms with van der Waals surface area (Å²) in [5.41, 5.74) is -0.408. The number of piperazine rings is 1. The summed E-state index contributed by atoms with van der Waals surface area (Å²) >= 11 is 0. The molecule has 0 atom stereocenters. The molecule has 142 valence electrons. The Hall–Kier alpha value is -2.28. The molecule has 1 N–H and O–H groups in total. The lowest BCUT2D eigenvalue weighted by molar-refractivity contribution is -0.143. The quantitative estimate of drug-likeness (QED) is 0.779. The van der Waals surface area contributed by atoms with Gasteiger partial charge in [0.15, 0.2) is 0 Å². The Labute approximate surface area is 154 Å². The number of nitrogens with one attached hydrogen (secondary N) is 1. The second-order valence-corrected chi connectivity index (χ2v) is 6.83. The lowest BCUT2D eigenvalue weighted by Gasteiger charge is -2.35. The molecular weight excluding hydrogens is 334 g/mol. The van der Waals surface area contributed by atoms with Gasteiger partial charge in [-0.2, -0.15) is 0 Å². The summed E-state index contributed by atoms with van der Waals surface area (Å²) in [7, 11) is 3.11. The smallest absolute Gasteiger partial charge is 0.240 e. The van der Waals surface area contributed by atoms with Crippen LogP contribution in [-0.2, 0) is 9.59 Å². The molecule has 0 spiro atoms. The molecule has 1 aliphatic heterocycles. The van der Waals surface area contributed by atoms with Crippen molar-refractivity contribution in [2.45, 2.75) is 19.8 Å². The molecule has 2 amide bonds. The Morgan fingerprint density at radius 1 is 1.12 bits per heavy atom. The molecule has 7 nitrogen and oxygen atoms in total. The summed E-state index contributed by atoms with van der Waals surface area (Å²) in [5, 5.41) is 2.88. The zero-order valence-corrected chi connectivity index (χ0v) is 15.7. The normalized spacial score (nSPS) is 19.0. The van der Waals surface area contributed by atoms with Crippen molar-refractivity contribution in [3.8, 4) is 11.5 Å². The number of carbonyl (C=O) groups is 2. The minimum atomic E-state index is -0.928. The molecule has 1 heterocycles. The standard InChI is InChI=1S/C19H27N3O4/c1-4-21-9-11-22(12-10-21)18(24)19(7-8-19)17(23)20-15-13-14(25-2)5-6-16(15)26-3/h5-6,13H,4,7-12H2,1-3H3,(H,20,23). The lowest BCUT2D eigenvalue weighted by Crippen LogP contribution is -2.52. The fourth-order valence-electron chi connectivity index (χ4n) is 3.39. The molecule has 1 saturated heterocycles. The fourth-order valence-corrected chi connectivity index (χ4v) is 3.39. The average Bonchev–Trinajstić information content (AvgIpc) is 3.49. The van der Waals surface area contributed by atoms with E-state index in [4.69, 9.17) is 9.47 Å². The van der Waals surface area contributed by atoms with Gasteiger partial charge < -0.3 is 24.6 Å². The van der Waals surface area contributed by atoms with Gasteiger partial charge in [0, 0.05) is 32.2 Å². The number of benzene rings is 1. The Morgan fingerprint density at radius 2 is 1.81 bits per heavy atom. The third-order valence-corrected chi connectivity index (χ3v) is 5.36. The predicted octanol–water partition coefficient (Wildman–Crippen LogP) is 1.59. The second kappa shape index (κ2) is 7.53. The molecule has 1 aromatic rings. The summed E-state index contributed by atoms with van der Waals surface area (Å²) in [6.07, 6.45) is 1.19. The molecular formula is C19H27N3O4. The van der Waals surface area contributed by atoms with Gasteiger partial charge in [-0.05, 0) is 31.5 Å². The monoisotopic (exact) mass is 361 g/mol. The van der Waals surface area contributed by atoms with Gasteiger partial charge in [-0.25, -0.2) is 0 Å². The number of likely N-dealkylation sites (N-methyl/N-ethyl adjacent to an activating group) is 1. The van der Waals surface area contributed by atoms with E-state index < -0.39 is 5.41 Å². The average molecular weight is 361 g/mol. The predicted molar refractivity (Wildman–Crippen MR) is 98.5 cm³/mol. The van der Waals surface area contributed by atoms with Crippen LogP contribution in [0.4, 0.5) is 5.69 Å². The summed E-state index contributed by atoms with van der Waals surface area (Å²) in [5.74, 6) is 0.853. The first-order valence-electron chi connectivity index (χ1n) is 9.09. The minimum Gasteiger partial charge on any atom is -0.497 e. The SMILES string of the molecule is CCN1CCN(C(=O)C2(C(=O)Nc3cc(OC)ccc3OC)CC2)CC1. The maximum Gasteiger partial charge on any atom is 0.240 e. The van der Waals surface area contributed by atoms with Crippen molar-refractivity contribution >= 4 is 17.5 Å². The maximum absolute atomic E-state index is 13.0. The molecule has 0 bridgehead atoms. The topological polar surface area (TPSA) is 71.1 Å². The highest BCUT2D eigenvalue weighted by Crippen LogP contribution is 2.48. The largest absolute Gasteiger partial charge is 0.497 e. The first-order valence-corrected chi connectivity index (χ1v) is 9.09. The van der Waals surface area contributed by atoms with Crippen molar-refractivity contribution in [2.24, 2.45) is 5.41 Å². The van der Waals surface area contributed by atoms with Gasteiger partial charge >= 0.3 is 0 Å². The number of carbonyl (C=O) groups excluding carboxylic acids is 2. The Kier molecular flexibility index (Phi) is 5.36. The van der Waals surface area contributed by atoms with E-state index in [1.807, 2.05) is 4.90 Å². The van der Waals surface area contributed by atoms with Gasteiger partial charge in [-0.1, -0.05) is 6.92 Å². The zero-order valence-electron chi connectivity index (χ0n) is 15.7. The van der Waals surface area contributed by atoms with Crippen molar-refractivity contribution in [1.82, 2.24) is 9.80 Å². The van der Waals surface area contributed by atoms with Gasteiger partial charge in [-0.3, -0.25) is 9.59 Å². The molecule has 1 aliphatic carbocycles. The van der Waals surface area contributed by atoms with Crippen molar-refractivity contribution in [3.63, 3.8) is 0 Å². The summed E-state index contributed by atoms with van der Waals surface area (Å²) < 4.78 is 10.5. The Morgan fingerprint density at radius 3 is 2.35 bits per heavy atom. The van der Waals surface area contributed by atoms with E-state index in [2.05, 4.69) is 17.1 Å². The number of hydrogen-bond acceptors (Lipinski definition) is 5. The molecule has 3 rings (SSSR count). The highest BCUT2D eigenvalue weighted by Gasteiger charge is 2.58. The third-order valence-electron chi connectivity index (χ3n) is 5.36. The number of hydrogen-bond donors (Lipinski definition) is 1. The Balaban J connectivity index is 1.70. The maximum atomic E-state index is 13.0. The van der Waals surface area contributed by atoms with Crippen LogP contribution < -0.4 is 14.8 Å². The lowest BCUT2D eigenvalue weighted by atomic mass is 10.0. The molecule has 0 aromatic heterocycles. The first-order chi connectivity index (χ1) is 12.5. The van der Waals surface area contributed by atoms with Crippen LogP contribution in [-0.4, -0.2) is 68.6 Å². The van der Waals surface area contributed by atoms with Crippen molar-refractivity contribution in [3.05, 3.63) is 18.2 Å². The number of nitrogens with zero attached hydrogens (tertiary/aromatic N) is 2. The van der Waals surface area contributed by atoms with Crippen molar-refractivity contribution in [1.29, 1.82) is 0 Å². The first kappa shape index (κ1) is 18.5. The van der Waals surface area contributed by atoms with E-state index in [0.717, 1.165) is 19.6 Å². The van der Waals surface area contributed by atoms with Gasteiger partial charge in [0.2, 0.25) is 11.8 Å². The van der Waals surface area contributed by atoms with Crippen molar-refractivity contribution < 1.29 is 19.1 Å². The molecule has 7 heteroatoms. The van der Waals surface area contributed by atoms with Crippen LogP contribution >= 0.6 is 0 Å². The fraction of sp³-hybridized carbons (Fsp3) is 0.579. The van der Waals surface area contributed by atoms with Crippen LogP contribution in [0.2, 0.25) is 0 Å². The van der Waals surface area contributed by atoms with E-state index >= 15 is 0 Å². The zero-order chi connectivity index (χ0) is 18.7. The summed E-state index contributed by atoms with van der Waals surface area (Å²) in [4.78, 5) is 30.0. The Bertz CT molecular complexity index is 679. The number of anilines is 1. The van der Waals surface area contributed by atoms with E-state index in [-0.39, 0.29) is 11.8 Å². The van der Waals surface area contributed by atoms with Crippen LogP contribution in [0.3, 0.4) is 0 Å². The van der Waals surface area contributed by atoms with E-state index in [9.17, 15) is 9.59 Å². The molecule has 2 fully saturated rings. The van der Waals surface area contributed by atoms with Gasteiger partial charge in [0.05, 0.1) is 19.9 Å². The summed E-state index contributed by atoms with van der Waals surface area (Å²) in [6.45, 7) is 6.21. The number of rotatable bonds is 6. The van der Waals surface area contributed by atoms with Gasteiger partial charge in [0.25, 0.3) is 0 Å². The van der Waals surface area contributed by atoms with E-state index in [1.54, 1.807) is 32.4 Å². The third kappa shape index (κ3) is 3.49. The number of amides is 2. The molecule has 1 aromatic carbocycles. The van der Waals surface area contributed by atoms with E-state index in [0.29, 0.717) is 43.1 Å². The molecule has 0 radical (unpaired) electrons. The van der Waals surface area contributed by atoms with Crippen LogP contribution in [0.25, 0.3) is 0 Å². The van der Waals surface area contributed by atoms with Crippen LogP contribution in [0.15, 0.2) is 18.2 Å². The van der Waals surface area contributed by atoms with Crippen LogP contribution in [0, 0.1) is 5.41 Å². The van der Waals surface area contributed by atoms with Crippen molar-refractivity contribution in [2.75, 3.05) is 52.3 Å². The highest BCUT2D eigenvalue weighted by atomic mass is 16.5.